The Labute approximate surface area is 144 Å². The Balaban J connectivity index is 1.57. The number of carbonyl (C=O) groups is 1. The maximum absolute atomic E-state index is 12.5. The van der Waals surface area contributed by atoms with Crippen LogP contribution in [0.15, 0.2) is 18.2 Å². The minimum absolute atomic E-state index is 0.0849. The summed E-state index contributed by atoms with van der Waals surface area (Å²) in [4.78, 5) is 12.5. The van der Waals surface area contributed by atoms with Gasteiger partial charge in [-0.3, -0.25) is 4.79 Å². The first-order valence-electron chi connectivity index (χ1n) is 8.92. The van der Waals surface area contributed by atoms with Crippen LogP contribution in [0.25, 0.3) is 0 Å². The van der Waals surface area contributed by atoms with Crippen molar-refractivity contribution in [3.8, 4) is 5.75 Å². The van der Waals surface area contributed by atoms with Crippen molar-refractivity contribution in [2.24, 2.45) is 5.92 Å². The third-order valence-corrected chi connectivity index (χ3v) is 5.00. The fraction of sp³-hybridized carbons (Fsp3) is 0.632. The predicted octanol–water partition coefficient (Wildman–Crippen LogP) is 2.88. The average Bonchev–Trinajstić information content (AvgIpc) is 2.89. The molecule has 0 spiro atoms. The Bertz CT molecular complexity index is 564. The zero-order valence-electron chi connectivity index (χ0n) is 14.6. The number of hydrogen-bond acceptors (Lipinski definition) is 4. The number of rotatable bonds is 7. The fourth-order valence-electron chi connectivity index (χ4n) is 3.89. The number of carbonyl (C=O) groups excluding carboxylic acids is 1. The lowest BCUT2D eigenvalue weighted by Crippen LogP contribution is -2.39. The average molecular weight is 332 g/mol. The van der Waals surface area contributed by atoms with Crippen LogP contribution in [0.3, 0.4) is 0 Å². The van der Waals surface area contributed by atoms with Gasteiger partial charge in [-0.05, 0) is 56.2 Å². The van der Waals surface area contributed by atoms with E-state index in [0.717, 1.165) is 24.1 Å². The Morgan fingerprint density at radius 2 is 2.00 bits per heavy atom. The first kappa shape index (κ1) is 17.2. The second-order valence-electron chi connectivity index (χ2n) is 7.07. The molecule has 2 aliphatic heterocycles. The van der Waals surface area contributed by atoms with Crippen molar-refractivity contribution in [1.29, 1.82) is 0 Å². The molecule has 132 valence electrons. The molecular formula is C19H28N2O3. The second-order valence-corrected chi connectivity index (χ2v) is 7.07. The quantitative estimate of drug-likeness (QED) is 0.754. The molecule has 1 amide bonds. The van der Waals surface area contributed by atoms with E-state index in [1.54, 1.807) is 7.11 Å². The number of fused-ring (bicyclic) bond motifs is 2. The molecule has 24 heavy (non-hydrogen) atoms. The molecule has 2 saturated heterocycles. The van der Waals surface area contributed by atoms with Gasteiger partial charge in [0, 0.05) is 25.6 Å². The lowest BCUT2D eigenvalue weighted by molar-refractivity contribution is -0.117. The highest BCUT2D eigenvalue weighted by atomic mass is 16.5. The highest BCUT2D eigenvalue weighted by Gasteiger charge is 2.34. The van der Waals surface area contributed by atoms with Crippen molar-refractivity contribution in [1.82, 2.24) is 5.32 Å². The molecular weight excluding hydrogens is 304 g/mol. The molecule has 2 atom stereocenters. The van der Waals surface area contributed by atoms with E-state index in [1.807, 2.05) is 25.1 Å². The number of nitrogens with one attached hydrogen (secondary N) is 2. The summed E-state index contributed by atoms with van der Waals surface area (Å²) in [7, 11) is 1.65. The Hall–Kier alpha value is -1.59. The summed E-state index contributed by atoms with van der Waals surface area (Å²) in [5, 5.41) is 6.66. The smallest absolute Gasteiger partial charge is 0.224 e. The summed E-state index contributed by atoms with van der Waals surface area (Å²) >= 11 is 0. The van der Waals surface area contributed by atoms with E-state index >= 15 is 0 Å². The molecule has 2 bridgehead atoms. The summed E-state index contributed by atoms with van der Waals surface area (Å²) in [6.07, 6.45) is 5.36. The van der Waals surface area contributed by atoms with Crippen LogP contribution in [0.2, 0.25) is 0 Å². The Kier molecular flexibility index (Phi) is 5.74. The van der Waals surface area contributed by atoms with Gasteiger partial charge in [-0.25, -0.2) is 0 Å². The molecule has 2 fully saturated rings. The molecule has 2 aliphatic rings. The fourth-order valence-corrected chi connectivity index (χ4v) is 3.89. The van der Waals surface area contributed by atoms with Gasteiger partial charge in [-0.15, -0.1) is 0 Å². The molecule has 5 heteroatoms. The third kappa shape index (κ3) is 4.48. The molecule has 3 rings (SSSR count). The van der Waals surface area contributed by atoms with Crippen molar-refractivity contribution in [2.75, 3.05) is 25.6 Å². The van der Waals surface area contributed by atoms with Crippen molar-refractivity contribution in [2.45, 2.75) is 51.1 Å². The summed E-state index contributed by atoms with van der Waals surface area (Å²) < 4.78 is 10.8. The third-order valence-electron chi connectivity index (χ3n) is 5.00. The number of benzene rings is 1. The van der Waals surface area contributed by atoms with Crippen LogP contribution >= 0.6 is 0 Å². The molecule has 0 saturated carbocycles. The minimum Gasteiger partial charge on any atom is -0.489 e. The topological polar surface area (TPSA) is 59.6 Å². The van der Waals surface area contributed by atoms with Gasteiger partial charge in [0.15, 0.2) is 0 Å². The Morgan fingerprint density at radius 3 is 2.71 bits per heavy atom. The van der Waals surface area contributed by atoms with Crippen LogP contribution in [0.4, 0.5) is 5.69 Å². The van der Waals surface area contributed by atoms with Gasteiger partial charge in [0.1, 0.15) is 12.4 Å². The molecule has 2 unspecified atom stereocenters. The first-order valence-corrected chi connectivity index (χ1v) is 8.92. The van der Waals surface area contributed by atoms with Gasteiger partial charge in [-0.1, -0.05) is 6.07 Å². The summed E-state index contributed by atoms with van der Waals surface area (Å²) in [5.74, 6) is 1.29. The van der Waals surface area contributed by atoms with Gasteiger partial charge in [0.2, 0.25) is 5.91 Å². The van der Waals surface area contributed by atoms with Crippen LogP contribution in [0, 0.1) is 12.8 Å². The van der Waals surface area contributed by atoms with Crippen LogP contribution in [-0.2, 0) is 9.53 Å². The molecule has 2 N–H and O–H groups in total. The lowest BCUT2D eigenvalue weighted by atomic mass is 9.89. The number of piperidine rings is 1. The van der Waals surface area contributed by atoms with Gasteiger partial charge >= 0.3 is 0 Å². The molecule has 5 nitrogen and oxygen atoms in total. The maximum atomic E-state index is 12.5. The van der Waals surface area contributed by atoms with Gasteiger partial charge < -0.3 is 20.1 Å². The Morgan fingerprint density at radius 1 is 1.25 bits per heavy atom. The SMILES string of the molecule is COCCOc1cc(C)ccc1NC(=O)CC1CC2CCC(C1)N2. The van der Waals surface area contributed by atoms with Gasteiger partial charge in [0.05, 0.1) is 12.3 Å². The molecule has 0 radical (unpaired) electrons. The van der Waals surface area contributed by atoms with Crippen LogP contribution < -0.4 is 15.4 Å². The number of anilines is 1. The predicted molar refractivity (Wildman–Crippen MR) is 94.5 cm³/mol. The molecule has 0 aromatic heterocycles. The first-order chi connectivity index (χ1) is 11.6. The molecule has 2 heterocycles. The van der Waals surface area contributed by atoms with Gasteiger partial charge in [-0.2, -0.15) is 0 Å². The zero-order chi connectivity index (χ0) is 16.9. The zero-order valence-corrected chi connectivity index (χ0v) is 14.6. The lowest BCUT2D eigenvalue weighted by Gasteiger charge is -2.28. The van der Waals surface area contributed by atoms with E-state index in [-0.39, 0.29) is 5.91 Å². The van der Waals surface area contributed by atoms with Crippen molar-refractivity contribution < 1.29 is 14.3 Å². The number of aryl methyl sites for hydroxylation is 1. The van der Waals surface area contributed by atoms with E-state index in [4.69, 9.17) is 9.47 Å². The number of hydrogen-bond donors (Lipinski definition) is 2. The van der Waals surface area contributed by atoms with E-state index in [0.29, 0.717) is 43.4 Å². The summed E-state index contributed by atoms with van der Waals surface area (Å²) in [5.41, 5.74) is 1.86. The van der Waals surface area contributed by atoms with E-state index in [9.17, 15) is 4.79 Å². The number of methoxy groups -OCH3 is 1. The molecule has 1 aromatic rings. The largest absolute Gasteiger partial charge is 0.489 e. The second kappa shape index (κ2) is 7.99. The van der Waals surface area contributed by atoms with Crippen molar-refractivity contribution in [3.05, 3.63) is 23.8 Å². The van der Waals surface area contributed by atoms with Crippen LogP contribution in [0.1, 0.15) is 37.7 Å². The standard InChI is InChI=1S/C19H28N2O3/c1-13-3-6-17(18(9-13)24-8-7-23-2)21-19(22)12-14-10-15-4-5-16(11-14)20-15/h3,6,9,14-16,20H,4-5,7-8,10-12H2,1-2H3,(H,21,22). The van der Waals surface area contributed by atoms with E-state index in [2.05, 4.69) is 10.6 Å². The highest BCUT2D eigenvalue weighted by molar-refractivity contribution is 5.92. The summed E-state index contributed by atoms with van der Waals surface area (Å²) in [6.45, 7) is 3.01. The number of ether oxygens (including phenoxy) is 2. The van der Waals surface area contributed by atoms with E-state index in [1.165, 1.54) is 12.8 Å². The molecule has 0 aliphatic carbocycles. The van der Waals surface area contributed by atoms with Crippen molar-refractivity contribution >= 4 is 11.6 Å². The number of amides is 1. The highest BCUT2D eigenvalue weighted by Crippen LogP contribution is 2.33. The van der Waals surface area contributed by atoms with Crippen LogP contribution in [0.5, 0.6) is 5.75 Å². The summed E-state index contributed by atoms with van der Waals surface area (Å²) in [6, 6.07) is 7.10. The normalized spacial score (nSPS) is 25.5. The maximum Gasteiger partial charge on any atom is 0.224 e. The van der Waals surface area contributed by atoms with Gasteiger partial charge in [0.25, 0.3) is 0 Å². The molecule has 1 aromatic carbocycles. The monoisotopic (exact) mass is 332 g/mol. The van der Waals surface area contributed by atoms with Crippen molar-refractivity contribution in [3.63, 3.8) is 0 Å². The van der Waals surface area contributed by atoms with E-state index < -0.39 is 0 Å². The minimum atomic E-state index is 0.0849. The van der Waals surface area contributed by atoms with Crippen LogP contribution in [-0.4, -0.2) is 38.3 Å².